The van der Waals surface area contributed by atoms with Gasteiger partial charge in [-0.1, -0.05) is 17.7 Å². The molecule has 31 heavy (non-hydrogen) atoms. The number of fused-ring (bicyclic) bond motifs is 1. The quantitative estimate of drug-likeness (QED) is 0.419. The Hall–Kier alpha value is -3.76. The lowest BCUT2D eigenvalue weighted by atomic mass is 10.0. The summed E-state index contributed by atoms with van der Waals surface area (Å²) < 4.78 is 2.69. The van der Waals surface area contributed by atoms with E-state index in [4.69, 9.17) is 11.6 Å². The second kappa shape index (κ2) is 8.17. The van der Waals surface area contributed by atoms with Gasteiger partial charge in [0.1, 0.15) is 17.3 Å². The molecule has 3 N–H and O–H groups in total. The third-order valence-electron chi connectivity index (χ3n) is 4.76. The van der Waals surface area contributed by atoms with Crippen LogP contribution in [0.2, 0.25) is 5.02 Å². The molecule has 0 aliphatic carbocycles. The first-order valence-corrected chi connectivity index (χ1v) is 9.58. The Morgan fingerprint density at radius 1 is 1.32 bits per heavy atom. The molecule has 1 atom stereocenters. The predicted molar refractivity (Wildman–Crippen MR) is 112 cm³/mol. The van der Waals surface area contributed by atoms with E-state index in [1.807, 2.05) is 0 Å². The highest BCUT2D eigenvalue weighted by atomic mass is 35.5. The number of nitrogens with one attached hydrogen (secondary N) is 1. The van der Waals surface area contributed by atoms with E-state index < -0.39 is 17.9 Å². The van der Waals surface area contributed by atoms with Crippen LogP contribution in [0.15, 0.2) is 49.1 Å². The number of carboxylic acids is 1. The molecule has 0 saturated heterocycles. The van der Waals surface area contributed by atoms with Crippen LogP contribution >= 0.6 is 11.6 Å². The lowest BCUT2D eigenvalue weighted by molar-refractivity contribution is -0.140. The van der Waals surface area contributed by atoms with Gasteiger partial charge < -0.3 is 15.5 Å². The zero-order valence-corrected chi connectivity index (χ0v) is 17.0. The Bertz CT molecular complexity index is 1300. The van der Waals surface area contributed by atoms with Crippen LogP contribution in [0, 0.1) is 0 Å². The molecule has 1 unspecified atom stereocenters. The smallest absolute Gasteiger partial charge is 0.328 e. The van der Waals surface area contributed by atoms with E-state index >= 15 is 0 Å². The monoisotopic (exact) mass is 440 g/mol. The van der Waals surface area contributed by atoms with E-state index in [1.165, 1.54) is 28.5 Å². The van der Waals surface area contributed by atoms with Gasteiger partial charge in [0.15, 0.2) is 5.65 Å². The molecule has 11 heteroatoms. The van der Waals surface area contributed by atoms with Crippen molar-refractivity contribution in [3.63, 3.8) is 0 Å². The van der Waals surface area contributed by atoms with Gasteiger partial charge in [-0.15, -0.1) is 0 Å². The zero-order chi connectivity index (χ0) is 22.1. The molecular weight excluding hydrogens is 424 g/mol. The van der Waals surface area contributed by atoms with Crippen molar-refractivity contribution in [3.8, 4) is 11.3 Å². The molecule has 0 bridgehead atoms. The van der Waals surface area contributed by atoms with E-state index in [9.17, 15) is 19.8 Å². The highest BCUT2D eigenvalue weighted by molar-refractivity contribution is 6.31. The Morgan fingerprint density at radius 2 is 2.13 bits per heavy atom. The van der Waals surface area contributed by atoms with Crippen molar-refractivity contribution < 1.29 is 19.8 Å². The van der Waals surface area contributed by atoms with Crippen LogP contribution in [0.4, 0.5) is 5.69 Å². The van der Waals surface area contributed by atoms with Gasteiger partial charge in [-0.25, -0.2) is 14.3 Å². The molecule has 1 aromatic carbocycles. The average Bonchev–Trinajstić information content (AvgIpc) is 3.37. The van der Waals surface area contributed by atoms with Crippen LogP contribution in [-0.4, -0.2) is 46.5 Å². The molecule has 4 rings (SSSR count). The maximum atomic E-state index is 13.0. The lowest BCUT2D eigenvalue weighted by Gasteiger charge is -2.09. The SMILES string of the molecule is CC(C(=O)O)n1cc(NC(=O)c2cnn3cccnc23)c(-c2cc(Cl)ccc2CO)n1. The number of hydrogen-bond donors (Lipinski definition) is 3. The molecule has 10 nitrogen and oxygen atoms in total. The first-order valence-electron chi connectivity index (χ1n) is 9.20. The van der Waals surface area contributed by atoms with Gasteiger partial charge in [0.25, 0.3) is 5.91 Å². The topological polar surface area (TPSA) is 135 Å². The van der Waals surface area contributed by atoms with E-state index in [1.54, 1.807) is 36.7 Å². The van der Waals surface area contributed by atoms with Gasteiger partial charge in [0.2, 0.25) is 0 Å². The maximum Gasteiger partial charge on any atom is 0.328 e. The number of benzene rings is 1. The molecule has 0 saturated carbocycles. The summed E-state index contributed by atoms with van der Waals surface area (Å²) in [6.07, 6.45) is 6.02. The standard InChI is InChI=1S/C20H17ClN6O4/c1-11(20(30)31)27-9-16(17(25-27)14-7-13(21)4-3-12(14)10-28)24-19(29)15-8-23-26-6-2-5-22-18(15)26/h2-9,11,28H,10H2,1H3,(H,24,29)(H,30,31). The minimum atomic E-state index is -1.09. The summed E-state index contributed by atoms with van der Waals surface area (Å²) in [4.78, 5) is 28.6. The molecule has 0 spiro atoms. The van der Waals surface area contributed by atoms with Crippen LogP contribution < -0.4 is 5.32 Å². The van der Waals surface area contributed by atoms with Gasteiger partial charge >= 0.3 is 5.97 Å². The van der Waals surface area contributed by atoms with E-state index in [0.717, 1.165) is 0 Å². The molecule has 158 valence electrons. The number of amides is 1. The molecule has 0 aliphatic heterocycles. The number of aliphatic hydroxyl groups is 1. The van der Waals surface area contributed by atoms with Gasteiger partial charge in [-0.2, -0.15) is 10.2 Å². The van der Waals surface area contributed by atoms with Gasteiger partial charge in [-0.3, -0.25) is 9.48 Å². The summed E-state index contributed by atoms with van der Waals surface area (Å²) in [6, 6.07) is 5.55. The number of carbonyl (C=O) groups is 2. The Kier molecular flexibility index (Phi) is 5.40. The van der Waals surface area contributed by atoms with E-state index in [0.29, 0.717) is 21.8 Å². The molecular formula is C20H17ClN6O4. The fourth-order valence-electron chi connectivity index (χ4n) is 3.08. The third kappa shape index (κ3) is 3.86. The van der Waals surface area contributed by atoms with Gasteiger partial charge in [-0.05, 0) is 30.7 Å². The fourth-order valence-corrected chi connectivity index (χ4v) is 3.25. The summed E-state index contributed by atoms with van der Waals surface area (Å²) in [5.74, 6) is -1.59. The van der Waals surface area contributed by atoms with Crippen molar-refractivity contribution in [2.24, 2.45) is 0 Å². The van der Waals surface area contributed by atoms with Crippen LogP contribution in [-0.2, 0) is 11.4 Å². The molecule has 4 aromatic rings. The number of aliphatic hydroxyl groups excluding tert-OH is 1. The summed E-state index contributed by atoms with van der Waals surface area (Å²) in [7, 11) is 0. The minimum absolute atomic E-state index is 0.235. The van der Waals surface area contributed by atoms with Crippen molar-refractivity contribution in [3.05, 3.63) is 65.2 Å². The second-order valence-electron chi connectivity index (χ2n) is 6.75. The zero-order valence-electron chi connectivity index (χ0n) is 16.2. The van der Waals surface area contributed by atoms with Crippen molar-refractivity contribution in [1.29, 1.82) is 0 Å². The van der Waals surface area contributed by atoms with E-state index in [-0.39, 0.29) is 23.6 Å². The second-order valence-corrected chi connectivity index (χ2v) is 7.18. The van der Waals surface area contributed by atoms with Crippen LogP contribution in [0.1, 0.15) is 28.9 Å². The molecule has 3 aromatic heterocycles. The number of aromatic nitrogens is 5. The fraction of sp³-hybridized carbons (Fsp3) is 0.150. The summed E-state index contributed by atoms with van der Waals surface area (Å²) in [5, 5.41) is 30.7. The van der Waals surface area contributed by atoms with Crippen molar-refractivity contribution in [2.45, 2.75) is 19.6 Å². The molecule has 0 aliphatic rings. The number of carbonyl (C=O) groups excluding carboxylic acids is 1. The van der Waals surface area contributed by atoms with E-state index in [2.05, 4.69) is 20.5 Å². The number of carboxylic acid groups (broad SMARTS) is 1. The number of anilines is 1. The first-order chi connectivity index (χ1) is 14.9. The van der Waals surface area contributed by atoms with Gasteiger partial charge in [0.05, 0.1) is 24.7 Å². The largest absolute Gasteiger partial charge is 0.480 e. The Morgan fingerprint density at radius 3 is 2.87 bits per heavy atom. The van der Waals surface area contributed by atoms with Crippen LogP contribution in [0.3, 0.4) is 0 Å². The van der Waals surface area contributed by atoms with Crippen LogP contribution in [0.25, 0.3) is 16.9 Å². The van der Waals surface area contributed by atoms with Crippen molar-refractivity contribution in [1.82, 2.24) is 24.4 Å². The summed E-state index contributed by atoms with van der Waals surface area (Å²) >= 11 is 6.13. The number of nitrogens with zero attached hydrogens (tertiary/aromatic N) is 5. The third-order valence-corrected chi connectivity index (χ3v) is 4.99. The molecule has 0 radical (unpaired) electrons. The average molecular weight is 441 g/mol. The highest BCUT2D eigenvalue weighted by Crippen LogP contribution is 2.33. The highest BCUT2D eigenvalue weighted by Gasteiger charge is 2.23. The van der Waals surface area contributed by atoms with Crippen LogP contribution in [0.5, 0.6) is 0 Å². The molecule has 3 heterocycles. The number of hydrogen-bond acceptors (Lipinski definition) is 6. The Labute approximate surface area is 180 Å². The molecule has 1 amide bonds. The summed E-state index contributed by atoms with van der Waals surface area (Å²) in [5.41, 5.74) is 2.12. The molecule has 0 fully saturated rings. The number of rotatable bonds is 6. The normalized spacial score (nSPS) is 12.1. The minimum Gasteiger partial charge on any atom is -0.480 e. The Balaban J connectivity index is 1.80. The summed E-state index contributed by atoms with van der Waals surface area (Å²) in [6.45, 7) is 1.17. The van der Waals surface area contributed by atoms with Crippen molar-refractivity contribution in [2.75, 3.05) is 5.32 Å². The number of halogens is 1. The van der Waals surface area contributed by atoms with Crippen molar-refractivity contribution >= 4 is 34.8 Å². The first kappa shape index (κ1) is 20.5. The number of aliphatic carboxylic acids is 1. The predicted octanol–water partition coefficient (Wildman–Crippen LogP) is 2.64. The lowest BCUT2D eigenvalue weighted by Crippen LogP contribution is -2.16. The maximum absolute atomic E-state index is 13.0. The van der Waals surface area contributed by atoms with Gasteiger partial charge in [0, 0.05) is 23.0 Å².